The predicted octanol–water partition coefficient (Wildman–Crippen LogP) is 11.3. The molecule has 1 aliphatic carbocycles. The summed E-state index contributed by atoms with van der Waals surface area (Å²) in [6.45, 7) is 2.29. The fourth-order valence-corrected chi connectivity index (χ4v) is 6.63. The first kappa shape index (κ1) is 25.4. The van der Waals surface area contributed by atoms with Crippen LogP contribution in [-0.4, -0.2) is 4.98 Å². The van der Waals surface area contributed by atoms with Gasteiger partial charge in [-0.2, -0.15) is 0 Å². The zero-order valence-electron chi connectivity index (χ0n) is 24.2. The molecular weight excluding hydrogens is 518 g/mol. The van der Waals surface area contributed by atoms with Crippen LogP contribution in [0.3, 0.4) is 0 Å². The summed E-state index contributed by atoms with van der Waals surface area (Å²) in [6, 6.07) is 48.5. The van der Waals surface area contributed by atoms with Gasteiger partial charge in [0.1, 0.15) is 0 Å². The van der Waals surface area contributed by atoms with Crippen molar-refractivity contribution in [1.29, 1.82) is 0 Å². The molecule has 1 nitrogen and oxygen atoms in total. The van der Waals surface area contributed by atoms with E-state index in [0.717, 1.165) is 23.4 Å². The van der Waals surface area contributed by atoms with Crippen molar-refractivity contribution in [2.75, 3.05) is 0 Å². The Morgan fingerprint density at radius 3 is 1.72 bits per heavy atom. The maximum Gasteiger partial charge on any atom is 0.0711 e. The molecule has 0 saturated carbocycles. The molecule has 0 aliphatic heterocycles. The minimum Gasteiger partial charge on any atom is -0.252 e. The second kappa shape index (κ2) is 10.2. The first-order valence-electron chi connectivity index (χ1n) is 15.0. The normalized spacial score (nSPS) is 16.3. The van der Waals surface area contributed by atoms with Gasteiger partial charge in [-0.05, 0) is 85.3 Å². The Hall–Kier alpha value is -5.27. The number of hydrogen-bond donors (Lipinski definition) is 0. The second-order valence-corrected chi connectivity index (χ2v) is 11.8. The van der Waals surface area contributed by atoms with Crippen LogP contribution in [-0.2, 0) is 5.41 Å². The van der Waals surface area contributed by atoms with E-state index in [9.17, 15) is 0 Å². The van der Waals surface area contributed by atoms with Crippen molar-refractivity contribution in [2.24, 2.45) is 0 Å². The Balaban J connectivity index is 1.29. The summed E-state index contributed by atoms with van der Waals surface area (Å²) in [5.74, 6) is 0. The van der Waals surface area contributed by atoms with E-state index in [0.29, 0.717) is 0 Å². The van der Waals surface area contributed by atoms with Crippen molar-refractivity contribution in [3.05, 3.63) is 163 Å². The summed E-state index contributed by atoms with van der Waals surface area (Å²) in [5, 5.41) is 7.79. The number of nitrogens with zero attached hydrogens (tertiary/aromatic N) is 1. The van der Waals surface area contributed by atoms with Gasteiger partial charge in [0.2, 0.25) is 0 Å². The highest BCUT2D eigenvalue weighted by Gasteiger charge is 2.26. The summed E-state index contributed by atoms with van der Waals surface area (Å²) < 4.78 is 0. The molecule has 1 heteroatoms. The molecule has 0 N–H and O–H groups in total. The van der Waals surface area contributed by atoms with Gasteiger partial charge in [0.15, 0.2) is 0 Å². The minimum atomic E-state index is -0.145. The van der Waals surface area contributed by atoms with Gasteiger partial charge in [-0.25, -0.2) is 0 Å². The van der Waals surface area contributed by atoms with Gasteiger partial charge < -0.3 is 0 Å². The Morgan fingerprint density at radius 2 is 1.05 bits per heavy atom. The summed E-state index contributed by atoms with van der Waals surface area (Å²) in [5.41, 5.74) is 7.91. The van der Waals surface area contributed by atoms with Crippen LogP contribution >= 0.6 is 0 Å². The van der Waals surface area contributed by atoms with Crippen LogP contribution in [0.15, 0.2) is 158 Å². The molecule has 204 valence electrons. The predicted molar refractivity (Wildman–Crippen MR) is 183 cm³/mol. The molecule has 6 aromatic carbocycles. The Bertz CT molecular complexity index is 2190. The second-order valence-electron chi connectivity index (χ2n) is 11.8. The molecular formula is C42H31N. The molecule has 43 heavy (non-hydrogen) atoms. The molecule has 8 rings (SSSR count). The number of benzene rings is 6. The van der Waals surface area contributed by atoms with Crippen LogP contribution in [0, 0.1) is 0 Å². The fraction of sp³-hybridized carbons (Fsp3) is 0.0714. The van der Waals surface area contributed by atoms with E-state index in [1.807, 2.05) is 0 Å². The first-order chi connectivity index (χ1) is 21.2. The molecule has 1 aromatic heterocycles. The van der Waals surface area contributed by atoms with E-state index < -0.39 is 0 Å². The van der Waals surface area contributed by atoms with E-state index in [2.05, 4.69) is 165 Å². The molecule has 7 aromatic rings. The minimum absolute atomic E-state index is 0.145. The van der Waals surface area contributed by atoms with Gasteiger partial charge >= 0.3 is 0 Å². The third-order valence-corrected chi connectivity index (χ3v) is 9.01. The number of allylic oxidation sites excluding steroid dienone is 4. The van der Waals surface area contributed by atoms with Crippen molar-refractivity contribution in [3.63, 3.8) is 0 Å². The average molecular weight is 550 g/mol. The van der Waals surface area contributed by atoms with E-state index in [4.69, 9.17) is 4.98 Å². The quantitative estimate of drug-likeness (QED) is 0.199. The molecule has 0 saturated heterocycles. The van der Waals surface area contributed by atoms with Crippen LogP contribution in [0.4, 0.5) is 0 Å². The van der Waals surface area contributed by atoms with Gasteiger partial charge in [0, 0.05) is 11.0 Å². The number of fused-ring (bicyclic) bond motifs is 6. The van der Waals surface area contributed by atoms with Crippen LogP contribution < -0.4 is 0 Å². The molecule has 0 spiro atoms. The first-order valence-corrected chi connectivity index (χ1v) is 15.0. The lowest BCUT2D eigenvalue weighted by molar-refractivity contribution is 0.580. The zero-order chi connectivity index (χ0) is 28.8. The monoisotopic (exact) mass is 549 g/mol. The third kappa shape index (κ3) is 4.45. The Morgan fingerprint density at radius 1 is 0.465 bits per heavy atom. The van der Waals surface area contributed by atoms with Crippen LogP contribution in [0.25, 0.3) is 65.8 Å². The van der Waals surface area contributed by atoms with Crippen LogP contribution in [0.1, 0.15) is 19.0 Å². The van der Waals surface area contributed by atoms with Crippen molar-refractivity contribution in [2.45, 2.75) is 18.8 Å². The summed E-state index contributed by atoms with van der Waals surface area (Å²) in [4.78, 5) is 5.21. The SMILES string of the molecule is CC1(c2cc(-c3cccc(-c4ccc5c6ccccc6c6ccccc6c5c4)c3)cc(-c3ccccc3)n2)C=CC=CC1. The highest BCUT2D eigenvalue weighted by Crippen LogP contribution is 2.39. The molecule has 0 amide bonds. The van der Waals surface area contributed by atoms with Crippen molar-refractivity contribution >= 4 is 32.3 Å². The molecule has 1 unspecified atom stereocenters. The molecule has 1 heterocycles. The van der Waals surface area contributed by atoms with E-state index in [1.165, 1.54) is 54.6 Å². The molecule has 0 fully saturated rings. The fourth-order valence-electron chi connectivity index (χ4n) is 6.63. The molecule has 1 atom stereocenters. The Labute approximate surface area is 252 Å². The van der Waals surface area contributed by atoms with Gasteiger partial charge in [0.05, 0.1) is 11.4 Å². The van der Waals surface area contributed by atoms with Crippen LogP contribution in [0.2, 0.25) is 0 Å². The summed E-state index contributed by atoms with van der Waals surface area (Å²) in [7, 11) is 0. The van der Waals surface area contributed by atoms with Crippen molar-refractivity contribution < 1.29 is 0 Å². The van der Waals surface area contributed by atoms with Gasteiger partial charge in [-0.15, -0.1) is 0 Å². The van der Waals surface area contributed by atoms with Crippen LogP contribution in [0.5, 0.6) is 0 Å². The summed E-state index contributed by atoms with van der Waals surface area (Å²) in [6.07, 6.45) is 9.74. The standard InChI is InChI=1S/C42H31N/c1-42(23-10-3-11-24-42)41-28-33(27-40(43-41)29-13-4-2-5-14-29)31-16-12-15-30(25-31)32-21-22-38-36-19-7-6-17-34(36)35-18-8-9-20-37(35)39(38)26-32/h2-23,25-28H,24H2,1H3. The van der Waals surface area contributed by atoms with Gasteiger partial charge in [-0.1, -0.05) is 140 Å². The topological polar surface area (TPSA) is 12.9 Å². The number of hydrogen-bond acceptors (Lipinski definition) is 1. The van der Waals surface area contributed by atoms with Crippen molar-refractivity contribution in [1.82, 2.24) is 4.98 Å². The lowest BCUT2D eigenvalue weighted by atomic mass is 9.79. The highest BCUT2D eigenvalue weighted by molar-refractivity contribution is 6.25. The number of pyridine rings is 1. The zero-order valence-corrected chi connectivity index (χ0v) is 24.2. The lowest BCUT2D eigenvalue weighted by Gasteiger charge is -2.27. The van der Waals surface area contributed by atoms with Crippen molar-refractivity contribution in [3.8, 4) is 33.5 Å². The highest BCUT2D eigenvalue weighted by atomic mass is 14.7. The van der Waals surface area contributed by atoms with Gasteiger partial charge in [0.25, 0.3) is 0 Å². The molecule has 0 radical (unpaired) electrons. The van der Waals surface area contributed by atoms with E-state index >= 15 is 0 Å². The third-order valence-electron chi connectivity index (χ3n) is 9.01. The van der Waals surface area contributed by atoms with E-state index in [-0.39, 0.29) is 5.41 Å². The maximum absolute atomic E-state index is 5.21. The average Bonchev–Trinajstić information content (AvgIpc) is 3.09. The van der Waals surface area contributed by atoms with E-state index in [1.54, 1.807) is 0 Å². The smallest absolute Gasteiger partial charge is 0.0711 e. The number of aromatic nitrogens is 1. The number of rotatable bonds is 4. The van der Waals surface area contributed by atoms with Gasteiger partial charge in [-0.3, -0.25) is 4.98 Å². The lowest BCUT2D eigenvalue weighted by Crippen LogP contribution is -2.21. The summed E-state index contributed by atoms with van der Waals surface area (Å²) >= 11 is 0. The Kier molecular flexibility index (Phi) is 6.05. The molecule has 0 bridgehead atoms. The molecule has 1 aliphatic rings. The largest absolute Gasteiger partial charge is 0.252 e. The maximum atomic E-state index is 5.21.